The largest absolute Gasteiger partial charge is 0.466 e. The zero-order valence-electron chi connectivity index (χ0n) is 8.75. The van der Waals surface area contributed by atoms with E-state index in [1.54, 1.807) is 12.2 Å². The number of ether oxygens (including phenoxy) is 1. The second-order valence-corrected chi connectivity index (χ2v) is 4.41. The Morgan fingerprint density at radius 2 is 2.44 bits per heavy atom. The van der Waals surface area contributed by atoms with E-state index in [-0.39, 0.29) is 12.0 Å². The summed E-state index contributed by atoms with van der Waals surface area (Å²) in [7, 11) is 1.32. The van der Waals surface area contributed by atoms with Crippen LogP contribution in [0.5, 0.6) is 0 Å². The molecule has 4 atom stereocenters. The summed E-state index contributed by atoms with van der Waals surface area (Å²) in [5.74, 6) is -0.484. The number of fused-ring (bicyclic) bond motifs is 1. The number of methoxy groups -OCH3 is 1. The van der Waals surface area contributed by atoms with Gasteiger partial charge in [0, 0.05) is 11.5 Å². The summed E-state index contributed by atoms with van der Waals surface area (Å²) in [4.78, 5) is 11.4. The first-order chi connectivity index (χ1) is 7.65. The average Bonchev–Trinajstić information content (AvgIpc) is 2.66. The molecule has 1 fully saturated rings. The van der Waals surface area contributed by atoms with E-state index < -0.39 is 23.4 Å². The molecule has 88 valence electrons. The van der Waals surface area contributed by atoms with Crippen molar-refractivity contribution < 1.29 is 22.1 Å². The van der Waals surface area contributed by atoms with E-state index >= 15 is 0 Å². The number of carbonyl (C=O) groups is 1. The topological polar surface area (TPSA) is 61.8 Å². The Bertz CT molecular complexity index is 375. The molecule has 5 nitrogen and oxygen atoms in total. The minimum Gasteiger partial charge on any atom is -0.466 e. The second-order valence-electron chi connectivity index (χ2n) is 3.61. The minimum absolute atomic E-state index is 0.0875. The monoisotopic (exact) mass is 244 g/mol. The van der Waals surface area contributed by atoms with Crippen LogP contribution in [0.4, 0.5) is 0 Å². The van der Waals surface area contributed by atoms with Gasteiger partial charge in [0.1, 0.15) is 12.2 Å². The Morgan fingerprint density at radius 3 is 3.06 bits per heavy atom. The van der Waals surface area contributed by atoms with Crippen molar-refractivity contribution in [1.82, 2.24) is 0 Å². The third-order valence-electron chi connectivity index (χ3n) is 2.70. The molecule has 0 spiro atoms. The lowest BCUT2D eigenvalue weighted by molar-refractivity contribution is -0.136. The normalized spacial score (nSPS) is 37.4. The molecule has 0 aromatic carbocycles. The van der Waals surface area contributed by atoms with Crippen LogP contribution in [0.25, 0.3) is 0 Å². The van der Waals surface area contributed by atoms with E-state index in [2.05, 4.69) is 11.3 Å². The average molecular weight is 244 g/mol. The minimum atomic E-state index is -1.74. The highest BCUT2D eigenvalue weighted by Crippen LogP contribution is 2.35. The highest BCUT2D eigenvalue weighted by Gasteiger charge is 2.42. The van der Waals surface area contributed by atoms with Gasteiger partial charge in [-0.05, 0) is 12.5 Å². The Morgan fingerprint density at radius 1 is 1.69 bits per heavy atom. The first-order valence-corrected chi connectivity index (χ1v) is 5.83. The Balaban J connectivity index is 2.25. The highest BCUT2D eigenvalue weighted by molar-refractivity contribution is 7.75. The van der Waals surface area contributed by atoms with Crippen molar-refractivity contribution in [3.05, 3.63) is 24.3 Å². The molecular formula is C10H12O5S. The van der Waals surface area contributed by atoms with Gasteiger partial charge in [-0.1, -0.05) is 6.08 Å². The molecule has 16 heavy (non-hydrogen) atoms. The molecule has 1 saturated heterocycles. The quantitative estimate of drug-likeness (QED) is 0.527. The van der Waals surface area contributed by atoms with E-state index in [1.165, 1.54) is 7.11 Å². The van der Waals surface area contributed by atoms with Gasteiger partial charge in [-0.15, -0.1) is 6.58 Å². The van der Waals surface area contributed by atoms with Crippen molar-refractivity contribution in [3.63, 3.8) is 0 Å². The van der Waals surface area contributed by atoms with Crippen LogP contribution in [-0.2, 0) is 29.3 Å². The molecule has 1 aliphatic heterocycles. The zero-order valence-corrected chi connectivity index (χ0v) is 9.57. The number of hydrogen-bond acceptors (Lipinski definition) is 5. The maximum atomic E-state index is 11.4. The summed E-state index contributed by atoms with van der Waals surface area (Å²) in [6.07, 6.45) is 2.97. The first kappa shape index (κ1) is 11.5. The first-order valence-electron chi connectivity index (χ1n) is 4.83. The van der Waals surface area contributed by atoms with Gasteiger partial charge in [-0.3, -0.25) is 8.37 Å². The van der Waals surface area contributed by atoms with Gasteiger partial charge in [0.05, 0.1) is 7.11 Å². The van der Waals surface area contributed by atoms with Gasteiger partial charge >= 0.3 is 17.3 Å². The summed E-state index contributed by atoms with van der Waals surface area (Å²) < 4.78 is 25.9. The maximum Gasteiger partial charge on any atom is 0.333 e. The number of carbonyl (C=O) groups excluding carboxylic acids is 1. The molecule has 2 aliphatic rings. The Hall–Kier alpha value is -0.980. The highest BCUT2D eigenvalue weighted by atomic mass is 32.2. The zero-order chi connectivity index (χ0) is 11.7. The van der Waals surface area contributed by atoms with Crippen molar-refractivity contribution >= 4 is 17.3 Å². The lowest BCUT2D eigenvalue weighted by Gasteiger charge is -2.26. The van der Waals surface area contributed by atoms with Gasteiger partial charge in [-0.25, -0.2) is 4.79 Å². The van der Waals surface area contributed by atoms with Crippen LogP contribution in [0.15, 0.2) is 24.3 Å². The third-order valence-corrected chi connectivity index (χ3v) is 3.46. The predicted molar refractivity (Wildman–Crippen MR) is 56.3 cm³/mol. The number of esters is 1. The van der Waals surface area contributed by atoms with Crippen LogP contribution in [0.3, 0.4) is 0 Å². The molecule has 1 aliphatic carbocycles. The fraction of sp³-hybridized carbons (Fsp3) is 0.500. The second kappa shape index (κ2) is 4.48. The molecule has 0 N–H and O–H groups in total. The van der Waals surface area contributed by atoms with Crippen LogP contribution in [0.2, 0.25) is 0 Å². The molecule has 6 heteroatoms. The molecule has 0 radical (unpaired) electrons. The fourth-order valence-electron chi connectivity index (χ4n) is 1.89. The van der Waals surface area contributed by atoms with E-state index in [0.717, 1.165) is 0 Å². The molecule has 0 aromatic heterocycles. The summed E-state index contributed by atoms with van der Waals surface area (Å²) >= 11 is -1.74. The smallest absolute Gasteiger partial charge is 0.333 e. The molecule has 0 saturated carbocycles. The standard InChI is InChI=1S/C10H12O5S/c1-3-6-4-7(10(11)13-2)5-8-9(6)15-16(12)14-8/h3,5-6,8-9H,1,4H2,2H3/t6-,8-,9+,16?/m1/s1. The molecule has 0 aromatic rings. The fourth-order valence-corrected chi connectivity index (χ4v) is 2.71. The number of hydrogen-bond donors (Lipinski definition) is 0. The third kappa shape index (κ3) is 1.95. The number of rotatable bonds is 2. The van der Waals surface area contributed by atoms with Crippen molar-refractivity contribution in [1.29, 1.82) is 0 Å². The van der Waals surface area contributed by atoms with Crippen molar-refractivity contribution in [2.24, 2.45) is 5.92 Å². The van der Waals surface area contributed by atoms with Crippen molar-refractivity contribution in [2.75, 3.05) is 7.11 Å². The van der Waals surface area contributed by atoms with E-state index in [4.69, 9.17) is 8.37 Å². The summed E-state index contributed by atoms with van der Waals surface area (Å²) in [5.41, 5.74) is 0.510. The van der Waals surface area contributed by atoms with Crippen LogP contribution in [0, 0.1) is 5.92 Å². The predicted octanol–water partition coefficient (Wildman–Crippen LogP) is 0.654. The molecule has 0 bridgehead atoms. The lowest BCUT2D eigenvalue weighted by atomic mass is 9.85. The lowest BCUT2D eigenvalue weighted by Crippen LogP contribution is -2.34. The van der Waals surface area contributed by atoms with Crippen molar-refractivity contribution in [3.8, 4) is 0 Å². The Kier molecular flexibility index (Phi) is 3.22. The summed E-state index contributed by atoms with van der Waals surface area (Å²) in [6.45, 7) is 3.68. The summed E-state index contributed by atoms with van der Waals surface area (Å²) in [6, 6.07) is 0. The van der Waals surface area contributed by atoms with E-state index in [0.29, 0.717) is 12.0 Å². The SMILES string of the molecule is C=C[C@@H]1CC(C(=O)OC)=C[C@H]2OS(=O)O[C@@H]12. The van der Waals surface area contributed by atoms with Crippen molar-refractivity contribution in [2.45, 2.75) is 18.6 Å². The molecule has 1 heterocycles. The van der Waals surface area contributed by atoms with Gasteiger partial charge < -0.3 is 4.74 Å². The summed E-state index contributed by atoms with van der Waals surface area (Å²) in [5, 5.41) is 0. The van der Waals surface area contributed by atoms with Crippen LogP contribution >= 0.6 is 0 Å². The molecular weight excluding hydrogens is 232 g/mol. The molecule has 0 amide bonds. The maximum absolute atomic E-state index is 11.4. The van der Waals surface area contributed by atoms with Crippen LogP contribution in [0.1, 0.15) is 6.42 Å². The molecule has 2 rings (SSSR count). The van der Waals surface area contributed by atoms with Gasteiger partial charge in [-0.2, -0.15) is 4.21 Å². The van der Waals surface area contributed by atoms with Crippen LogP contribution < -0.4 is 0 Å². The van der Waals surface area contributed by atoms with E-state index in [9.17, 15) is 9.00 Å². The van der Waals surface area contributed by atoms with Gasteiger partial charge in [0.25, 0.3) is 0 Å². The molecule has 1 unspecified atom stereocenters. The van der Waals surface area contributed by atoms with Gasteiger partial charge in [0.2, 0.25) is 0 Å². The van der Waals surface area contributed by atoms with E-state index in [1.807, 2.05) is 0 Å². The van der Waals surface area contributed by atoms with Gasteiger partial charge in [0.15, 0.2) is 0 Å². The van der Waals surface area contributed by atoms with Crippen LogP contribution in [-0.4, -0.2) is 29.5 Å². The Labute approximate surface area is 95.9 Å².